The van der Waals surface area contributed by atoms with Crippen LogP contribution in [0.25, 0.3) is 5.52 Å². The van der Waals surface area contributed by atoms with Crippen LogP contribution in [0.2, 0.25) is 15.2 Å². The highest BCUT2D eigenvalue weighted by molar-refractivity contribution is 6.49. The number of Topliss-reactive ketones (excluding diaryl/α,β-unsaturated/α-hetero) is 1. The van der Waals surface area contributed by atoms with Gasteiger partial charge in [0.05, 0.1) is 21.8 Å². The van der Waals surface area contributed by atoms with E-state index in [1.165, 1.54) is 12.3 Å². The summed E-state index contributed by atoms with van der Waals surface area (Å²) in [5, 5.41) is 3.32. The van der Waals surface area contributed by atoms with E-state index < -0.39 is 11.7 Å². The highest BCUT2D eigenvalue weighted by Crippen LogP contribution is 2.28. The van der Waals surface area contributed by atoms with Gasteiger partial charge in [-0.3, -0.25) is 9.59 Å². The Kier molecular flexibility index (Phi) is 5.77. The number of nitrogens with one attached hydrogen (secondary N) is 1. The van der Waals surface area contributed by atoms with Crippen molar-refractivity contribution in [1.82, 2.24) is 9.38 Å². The number of carbonyl (C=O) groups excluding carboxylic acids is 2. The van der Waals surface area contributed by atoms with Crippen molar-refractivity contribution < 1.29 is 9.59 Å². The smallest absolute Gasteiger partial charge is 0.296 e. The van der Waals surface area contributed by atoms with E-state index in [1.807, 2.05) is 47.0 Å². The maximum absolute atomic E-state index is 12.9. The van der Waals surface area contributed by atoms with E-state index in [1.54, 1.807) is 12.1 Å². The zero-order valence-electron chi connectivity index (χ0n) is 15.4. The summed E-state index contributed by atoms with van der Waals surface area (Å²) in [7, 11) is 0. The molecule has 150 valence electrons. The number of halogens is 3. The van der Waals surface area contributed by atoms with Gasteiger partial charge in [-0.15, -0.1) is 0 Å². The highest BCUT2D eigenvalue weighted by Gasteiger charge is 2.23. The molecule has 0 fully saturated rings. The fraction of sp³-hybridized carbons (Fsp3) is 0.0455. The number of ketones is 1. The molecule has 0 atom stereocenters. The second-order valence-corrected chi connectivity index (χ2v) is 7.75. The molecule has 4 aromatic rings. The van der Waals surface area contributed by atoms with Gasteiger partial charge in [-0.2, -0.15) is 0 Å². The third kappa shape index (κ3) is 4.05. The van der Waals surface area contributed by atoms with Crippen molar-refractivity contribution in [3.05, 3.63) is 99.0 Å². The van der Waals surface area contributed by atoms with Gasteiger partial charge in [-0.25, -0.2) is 4.98 Å². The molecule has 30 heavy (non-hydrogen) atoms. The van der Waals surface area contributed by atoms with Crippen molar-refractivity contribution in [2.24, 2.45) is 0 Å². The average molecular weight is 459 g/mol. The van der Waals surface area contributed by atoms with Gasteiger partial charge in [-0.05, 0) is 42.0 Å². The minimum atomic E-state index is -0.846. The monoisotopic (exact) mass is 457 g/mol. The van der Waals surface area contributed by atoms with Crippen LogP contribution in [0.5, 0.6) is 0 Å². The van der Waals surface area contributed by atoms with Gasteiger partial charge in [0, 0.05) is 29.5 Å². The van der Waals surface area contributed by atoms with Crippen LogP contribution in [0.1, 0.15) is 21.6 Å². The molecular formula is C22H14Cl3N3O2. The first-order chi connectivity index (χ1) is 14.4. The standard InChI is InChI=1S/C22H14Cl3N3O2/c23-14-6-4-13(5-7-14)11-15-12-16(18-3-1-2-10-28(15)18)20(29)22(30)27-19-17(24)8-9-26-21(19)25/h1-10,12H,11H2,(H,27,30). The summed E-state index contributed by atoms with van der Waals surface area (Å²) in [4.78, 5) is 29.5. The summed E-state index contributed by atoms with van der Waals surface area (Å²) < 4.78 is 1.89. The molecule has 0 aliphatic heterocycles. The Morgan fingerprint density at radius 3 is 2.50 bits per heavy atom. The molecule has 0 bridgehead atoms. The number of aromatic nitrogens is 2. The van der Waals surface area contributed by atoms with Crippen molar-refractivity contribution in [1.29, 1.82) is 0 Å². The van der Waals surface area contributed by atoms with E-state index in [-0.39, 0.29) is 21.4 Å². The van der Waals surface area contributed by atoms with Crippen molar-refractivity contribution in [3.63, 3.8) is 0 Å². The molecule has 3 aromatic heterocycles. The average Bonchev–Trinajstić information content (AvgIpc) is 3.10. The number of nitrogens with zero attached hydrogens (tertiary/aromatic N) is 2. The Balaban J connectivity index is 1.67. The second kappa shape index (κ2) is 8.48. The normalized spacial score (nSPS) is 10.9. The summed E-state index contributed by atoms with van der Waals surface area (Å²) in [6.45, 7) is 0. The Labute approximate surface area is 187 Å². The molecule has 4 rings (SSSR count). The molecule has 1 aromatic carbocycles. The lowest BCUT2D eigenvalue weighted by atomic mass is 10.1. The lowest BCUT2D eigenvalue weighted by Gasteiger charge is -2.07. The van der Waals surface area contributed by atoms with Gasteiger partial charge in [0.15, 0.2) is 5.15 Å². The van der Waals surface area contributed by atoms with E-state index >= 15 is 0 Å². The number of amides is 1. The predicted octanol–water partition coefficient (Wildman–Crippen LogP) is 5.71. The Morgan fingerprint density at radius 2 is 1.77 bits per heavy atom. The first kappa shape index (κ1) is 20.4. The van der Waals surface area contributed by atoms with Gasteiger partial charge in [0.2, 0.25) is 0 Å². The van der Waals surface area contributed by atoms with Crippen LogP contribution in [-0.4, -0.2) is 21.1 Å². The van der Waals surface area contributed by atoms with Crippen LogP contribution in [0.4, 0.5) is 5.69 Å². The number of hydrogen-bond acceptors (Lipinski definition) is 3. The molecule has 1 amide bonds. The van der Waals surface area contributed by atoms with Crippen LogP contribution < -0.4 is 5.32 Å². The van der Waals surface area contributed by atoms with Crippen LogP contribution in [0.3, 0.4) is 0 Å². The Bertz CT molecular complexity index is 1250. The third-order valence-corrected chi connectivity index (χ3v) is 5.45. The topological polar surface area (TPSA) is 63.5 Å². The van der Waals surface area contributed by atoms with Crippen LogP contribution in [0, 0.1) is 0 Å². The van der Waals surface area contributed by atoms with Crippen LogP contribution in [-0.2, 0) is 11.2 Å². The fourth-order valence-corrected chi connectivity index (χ4v) is 3.74. The zero-order chi connectivity index (χ0) is 21.3. The SMILES string of the molecule is O=C(Nc1c(Cl)ccnc1Cl)C(=O)c1cc(Cc2ccc(Cl)cc2)n2ccccc12. The minimum absolute atomic E-state index is 0.00816. The van der Waals surface area contributed by atoms with Gasteiger partial charge < -0.3 is 9.72 Å². The first-order valence-electron chi connectivity index (χ1n) is 8.93. The summed E-state index contributed by atoms with van der Waals surface area (Å²) in [5.74, 6) is -1.54. The molecular weight excluding hydrogens is 445 g/mol. The molecule has 5 nitrogen and oxygen atoms in total. The van der Waals surface area contributed by atoms with Crippen molar-refractivity contribution in [2.45, 2.75) is 6.42 Å². The van der Waals surface area contributed by atoms with E-state index in [4.69, 9.17) is 34.8 Å². The maximum Gasteiger partial charge on any atom is 0.296 e. The van der Waals surface area contributed by atoms with Gasteiger partial charge in [-0.1, -0.05) is 53.0 Å². The summed E-state index contributed by atoms with van der Waals surface area (Å²) in [5.41, 5.74) is 2.91. The zero-order valence-corrected chi connectivity index (χ0v) is 17.7. The highest BCUT2D eigenvalue weighted by atomic mass is 35.5. The quantitative estimate of drug-likeness (QED) is 0.237. The maximum atomic E-state index is 12.9. The van der Waals surface area contributed by atoms with Gasteiger partial charge in [0.25, 0.3) is 11.7 Å². The lowest BCUT2D eigenvalue weighted by Crippen LogP contribution is -2.23. The van der Waals surface area contributed by atoms with E-state index in [9.17, 15) is 9.59 Å². The lowest BCUT2D eigenvalue weighted by molar-refractivity contribution is -0.112. The number of anilines is 1. The molecule has 3 heterocycles. The van der Waals surface area contributed by atoms with E-state index in [2.05, 4.69) is 10.3 Å². The molecule has 8 heteroatoms. The summed E-state index contributed by atoms with van der Waals surface area (Å²) in [6, 6.07) is 16.1. The summed E-state index contributed by atoms with van der Waals surface area (Å²) in [6.07, 6.45) is 3.83. The third-order valence-electron chi connectivity index (χ3n) is 4.60. The van der Waals surface area contributed by atoms with E-state index in [0.717, 1.165) is 11.3 Å². The number of benzene rings is 1. The molecule has 0 aliphatic carbocycles. The number of fused-ring (bicyclic) bond motifs is 1. The van der Waals surface area contributed by atoms with Crippen LogP contribution in [0.15, 0.2) is 67.0 Å². The largest absolute Gasteiger partial charge is 0.320 e. The van der Waals surface area contributed by atoms with Gasteiger partial charge >= 0.3 is 0 Å². The first-order valence-corrected chi connectivity index (χ1v) is 10.1. The molecule has 1 N–H and O–H groups in total. The number of rotatable bonds is 5. The summed E-state index contributed by atoms with van der Waals surface area (Å²) >= 11 is 18.0. The molecule has 0 aliphatic rings. The van der Waals surface area contributed by atoms with Gasteiger partial charge in [0.1, 0.15) is 0 Å². The van der Waals surface area contributed by atoms with Crippen LogP contribution >= 0.6 is 34.8 Å². The fourth-order valence-electron chi connectivity index (χ4n) is 3.17. The predicted molar refractivity (Wildman–Crippen MR) is 119 cm³/mol. The van der Waals surface area contributed by atoms with Crippen molar-refractivity contribution in [3.8, 4) is 0 Å². The van der Waals surface area contributed by atoms with Crippen molar-refractivity contribution in [2.75, 3.05) is 5.32 Å². The molecule has 0 radical (unpaired) electrons. The second-order valence-electron chi connectivity index (χ2n) is 6.55. The molecule has 0 saturated heterocycles. The molecule has 0 unspecified atom stereocenters. The van der Waals surface area contributed by atoms with E-state index in [0.29, 0.717) is 17.0 Å². The molecule has 0 spiro atoms. The number of carbonyl (C=O) groups is 2. The Hall–Kier alpha value is -2.86. The molecule has 0 saturated carbocycles. The number of pyridine rings is 2. The van der Waals surface area contributed by atoms with Crippen molar-refractivity contribution >= 4 is 57.7 Å². The number of hydrogen-bond donors (Lipinski definition) is 1. The Morgan fingerprint density at radius 1 is 1.00 bits per heavy atom. The minimum Gasteiger partial charge on any atom is -0.320 e.